The highest BCUT2D eigenvalue weighted by atomic mass is 16.5. The predicted molar refractivity (Wildman–Crippen MR) is 103 cm³/mol. The van der Waals surface area contributed by atoms with Crippen LogP contribution in [0.4, 0.5) is 0 Å². The molecule has 7 heteroatoms. The molecule has 7 nitrogen and oxygen atoms in total. The molecule has 4 rings (SSSR count). The van der Waals surface area contributed by atoms with Gasteiger partial charge in [0.1, 0.15) is 17.4 Å². The van der Waals surface area contributed by atoms with Gasteiger partial charge >= 0.3 is 0 Å². The summed E-state index contributed by atoms with van der Waals surface area (Å²) in [5.41, 5.74) is 2.25. The van der Waals surface area contributed by atoms with Crippen molar-refractivity contribution in [1.82, 2.24) is 29.7 Å². The van der Waals surface area contributed by atoms with E-state index in [2.05, 4.69) is 36.8 Å². The van der Waals surface area contributed by atoms with Crippen LogP contribution in [-0.4, -0.2) is 55.9 Å². The maximum Gasteiger partial charge on any atom is 0.146 e. The van der Waals surface area contributed by atoms with E-state index in [4.69, 9.17) is 4.52 Å². The number of hydrogen-bond donors (Lipinski definition) is 0. The molecule has 2 aromatic heterocycles. The van der Waals surface area contributed by atoms with Gasteiger partial charge in [0.25, 0.3) is 0 Å². The summed E-state index contributed by atoms with van der Waals surface area (Å²) in [6, 6.07) is 0. The van der Waals surface area contributed by atoms with E-state index in [1.807, 2.05) is 13.8 Å². The van der Waals surface area contributed by atoms with Crippen LogP contribution in [0.2, 0.25) is 0 Å². The molecule has 0 aliphatic carbocycles. The molecule has 27 heavy (non-hydrogen) atoms. The molecule has 2 saturated heterocycles. The number of likely N-dealkylation sites (tertiary alicyclic amines) is 2. The number of rotatable bonds is 5. The molecule has 0 saturated carbocycles. The van der Waals surface area contributed by atoms with Gasteiger partial charge in [-0.3, -0.25) is 9.80 Å². The van der Waals surface area contributed by atoms with Crippen LogP contribution < -0.4 is 0 Å². The summed E-state index contributed by atoms with van der Waals surface area (Å²) >= 11 is 0. The van der Waals surface area contributed by atoms with Crippen LogP contribution in [0.25, 0.3) is 0 Å². The van der Waals surface area contributed by atoms with Gasteiger partial charge in [-0.2, -0.15) is 0 Å². The quantitative estimate of drug-likeness (QED) is 0.804. The lowest BCUT2D eigenvalue weighted by Crippen LogP contribution is -2.35. The summed E-state index contributed by atoms with van der Waals surface area (Å²) in [6.45, 7) is 10.4. The normalized spacial score (nSPS) is 22.4. The fraction of sp³-hybridized carbons (Fsp3) is 0.750. The molecule has 1 atom stereocenters. The maximum absolute atomic E-state index is 5.34. The van der Waals surface area contributed by atoms with E-state index in [1.165, 1.54) is 50.8 Å². The number of aryl methyl sites for hydroxylation is 2. The van der Waals surface area contributed by atoms with Gasteiger partial charge in [-0.25, -0.2) is 0 Å². The first kappa shape index (κ1) is 18.6. The molecule has 2 aliphatic heterocycles. The second-order valence-electron chi connectivity index (χ2n) is 8.25. The summed E-state index contributed by atoms with van der Waals surface area (Å²) in [5.74, 6) is 3.64. The smallest absolute Gasteiger partial charge is 0.146 e. The van der Waals surface area contributed by atoms with Crippen molar-refractivity contribution in [2.24, 2.45) is 7.05 Å². The summed E-state index contributed by atoms with van der Waals surface area (Å²) in [5, 5.41) is 13.2. The van der Waals surface area contributed by atoms with Gasteiger partial charge in [-0.1, -0.05) is 11.6 Å². The molecule has 2 fully saturated rings. The van der Waals surface area contributed by atoms with Crippen molar-refractivity contribution < 1.29 is 4.52 Å². The number of nitrogens with zero attached hydrogens (tertiary/aromatic N) is 6. The SMILES string of the molecule is Cc1noc(C)c1CN1CCCC(c2nnc(CN3CCCCC3)n2C)C1. The monoisotopic (exact) mass is 372 g/mol. The average Bonchev–Trinajstić information content (AvgIpc) is 3.20. The van der Waals surface area contributed by atoms with Crippen molar-refractivity contribution in [3.05, 3.63) is 28.7 Å². The summed E-state index contributed by atoms with van der Waals surface area (Å²) in [7, 11) is 2.14. The molecule has 2 aromatic rings. The van der Waals surface area contributed by atoms with E-state index in [0.717, 1.165) is 49.3 Å². The highest BCUT2D eigenvalue weighted by Crippen LogP contribution is 2.28. The lowest BCUT2D eigenvalue weighted by atomic mass is 9.96. The predicted octanol–water partition coefficient (Wildman–Crippen LogP) is 2.79. The fourth-order valence-corrected chi connectivity index (χ4v) is 4.55. The first-order chi connectivity index (χ1) is 13.1. The van der Waals surface area contributed by atoms with Crippen molar-refractivity contribution in [2.75, 3.05) is 26.2 Å². The molecule has 148 valence electrons. The van der Waals surface area contributed by atoms with Crippen molar-refractivity contribution in [1.29, 1.82) is 0 Å². The van der Waals surface area contributed by atoms with Crippen molar-refractivity contribution in [3.8, 4) is 0 Å². The van der Waals surface area contributed by atoms with E-state index < -0.39 is 0 Å². The van der Waals surface area contributed by atoms with Crippen molar-refractivity contribution in [2.45, 2.75) is 65.0 Å². The van der Waals surface area contributed by atoms with Crippen molar-refractivity contribution >= 4 is 0 Å². The minimum absolute atomic E-state index is 0.451. The Balaban J connectivity index is 1.42. The van der Waals surface area contributed by atoms with Crippen molar-refractivity contribution in [3.63, 3.8) is 0 Å². The average molecular weight is 373 g/mol. The summed E-state index contributed by atoms with van der Waals surface area (Å²) < 4.78 is 7.58. The van der Waals surface area contributed by atoms with Crippen LogP contribution in [-0.2, 0) is 20.1 Å². The minimum atomic E-state index is 0.451. The Morgan fingerprint density at radius 2 is 1.74 bits per heavy atom. The topological polar surface area (TPSA) is 63.2 Å². The largest absolute Gasteiger partial charge is 0.361 e. The number of aromatic nitrogens is 4. The first-order valence-corrected chi connectivity index (χ1v) is 10.4. The molecule has 0 N–H and O–H groups in total. The molecule has 0 aromatic carbocycles. The number of piperidine rings is 2. The molecule has 0 amide bonds. The van der Waals surface area contributed by atoms with Crippen LogP contribution in [0.1, 0.15) is 66.7 Å². The highest BCUT2D eigenvalue weighted by molar-refractivity contribution is 5.20. The third kappa shape index (κ3) is 4.09. The molecular formula is C20H32N6O. The zero-order chi connectivity index (χ0) is 18.8. The van der Waals surface area contributed by atoms with Gasteiger partial charge in [0.2, 0.25) is 0 Å². The Bertz CT molecular complexity index is 741. The molecular weight excluding hydrogens is 340 g/mol. The molecule has 1 unspecified atom stereocenters. The lowest BCUT2D eigenvalue weighted by Gasteiger charge is -2.32. The standard InChI is InChI=1S/C20H32N6O/c1-15-18(16(2)27-23-15)13-26-11-7-8-17(12-26)20-22-21-19(24(20)3)14-25-9-5-4-6-10-25/h17H,4-14H2,1-3H3. The fourth-order valence-electron chi connectivity index (χ4n) is 4.55. The van der Waals surface area contributed by atoms with Gasteiger partial charge < -0.3 is 9.09 Å². The third-order valence-corrected chi connectivity index (χ3v) is 6.25. The zero-order valence-corrected chi connectivity index (χ0v) is 16.9. The minimum Gasteiger partial charge on any atom is -0.361 e. The second-order valence-corrected chi connectivity index (χ2v) is 8.25. The second kappa shape index (κ2) is 8.10. The maximum atomic E-state index is 5.34. The van der Waals surface area contributed by atoms with E-state index in [0.29, 0.717) is 5.92 Å². The van der Waals surface area contributed by atoms with Gasteiger partial charge in [0, 0.05) is 31.6 Å². The van der Waals surface area contributed by atoms with Crippen LogP contribution in [0.15, 0.2) is 4.52 Å². The van der Waals surface area contributed by atoms with Gasteiger partial charge in [-0.05, 0) is 59.2 Å². The molecule has 0 spiro atoms. The van der Waals surface area contributed by atoms with E-state index in [1.54, 1.807) is 0 Å². The van der Waals surface area contributed by atoms with Crippen LogP contribution >= 0.6 is 0 Å². The number of hydrogen-bond acceptors (Lipinski definition) is 6. The third-order valence-electron chi connectivity index (χ3n) is 6.25. The zero-order valence-electron chi connectivity index (χ0n) is 16.9. The van der Waals surface area contributed by atoms with Gasteiger partial charge in [-0.15, -0.1) is 10.2 Å². The summed E-state index contributed by atoms with van der Waals surface area (Å²) in [6.07, 6.45) is 6.37. The van der Waals surface area contributed by atoms with Gasteiger partial charge in [0.15, 0.2) is 0 Å². The Morgan fingerprint density at radius 3 is 2.48 bits per heavy atom. The summed E-state index contributed by atoms with van der Waals surface area (Å²) in [4.78, 5) is 5.03. The van der Waals surface area contributed by atoms with Crippen LogP contribution in [0, 0.1) is 13.8 Å². The molecule has 0 radical (unpaired) electrons. The Kier molecular flexibility index (Phi) is 5.59. The Hall–Kier alpha value is -1.73. The first-order valence-electron chi connectivity index (χ1n) is 10.4. The molecule has 4 heterocycles. The van der Waals surface area contributed by atoms with Crippen LogP contribution in [0.3, 0.4) is 0 Å². The molecule has 2 aliphatic rings. The lowest BCUT2D eigenvalue weighted by molar-refractivity contribution is 0.193. The Morgan fingerprint density at radius 1 is 0.963 bits per heavy atom. The van der Waals surface area contributed by atoms with Crippen LogP contribution in [0.5, 0.6) is 0 Å². The Labute approximate surface area is 161 Å². The van der Waals surface area contributed by atoms with E-state index in [-0.39, 0.29) is 0 Å². The molecule has 0 bridgehead atoms. The van der Waals surface area contributed by atoms with E-state index >= 15 is 0 Å². The van der Waals surface area contributed by atoms with E-state index in [9.17, 15) is 0 Å². The highest BCUT2D eigenvalue weighted by Gasteiger charge is 2.27. The van der Waals surface area contributed by atoms with Gasteiger partial charge in [0.05, 0.1) is 12.2 Å².